The summed E-state index contributed by atoms with van der Waals surface area (Å²) in [6.45, 7) is 3.04. The third kappa shape index (κ3) is 5.15. The largest absolute Gasteiger partial charge is 0.369 e. The minimum Gasteiger partial charge on any atom is -0.369 e. The summed E-state index contributed by atoms with van der Waals surface area (Å²) in [6, 6.07) is 11.3. The van der Waals surface area contributed by atoms with Gasteiger partial charge in [-0.3, -0.25) is 18.9 Å². The molecule has 0 radical (unpaired) electrons. The lowest BCUT2D eigenvalue weighted by atomic mass is 10.2. The van der Waals surface area contributed by atoms with Crippen molar-refractivity contribution >= 4 is 51.7 Å². The van der Waals surface area contributed by atoms with E-state index in [1.54, 1.807) is 36.5 Å². The number of carbonyl (C=O) groups excluding carboxylic acids is 1. The number of halogens is 1. The summed E-state index contributed by atoms with van der Waals surface area (Å²) in [7, 11) is 0. The lowest BCUT2D eigenvalue weighted by molar-refractivity contribution is -0.122. The van der Waals surface area contributed by atoms with Crippen LogP contribution in [0.2, 0.25) is 0 Å². The van der Waals surface area contributed by atoms with Gasteiger partial charge in [0.2, 0.25) is 0 Å². The van der Waals surface area contributed by atoms with E-state index in [0.29, 0.717) is 32.8 Å². The number of nitrogens with zero attached hydrogens (tertiary/aromatic N) is 3. The van der Waals surface area contributed by atoms with Crippen molar-refractivity contribution in [3.8, 4) is 0 Å². The summed E-state index contributed by atoms with van der Waals surface area (Å²) in [5.41, 5.74) is 1.35. The zero-order valence-electron chi connectivity index (χ0n) is 18.1. The maximum absolute atomic E-state index is 13.3. The van der Waals surface area contributed by atoms with Gasteiger partial charge in [0.15, 0.2) is 0 Å². The number of thioether (sulfide) groups is 1. The molecule has 9 heteroatoms. The molecule has 1 saturated heterocycles. The summed E-state index contributed by atoms with van der Waals surface area (Å²) >= 11 is 6.56. The molecule has 3 aromatic rings. The highest BCUT2D eigenvalue weighted by Gasteiger charge is 2.32. The van der Waals surface area contributed by atoms with E-state index in [1.165, 1.54) is 21.4 Å². The average molecular weight is 483 g/mol. The molecule has 0 atom stereocenters. The molecule has 0 aliphatic carbocycles. The van der Waals surface area contributed by atoms with Crippen LogP contribution in [0.4, 0.5) is 10.2 Å². The number of anilines is 1. The van der Waals surface area contributed by atoms with Gasteiger partial charge in [0.05, 0.1) is 17.0 Å². The molecule has 1 N–H and O–H groups in total. The molecule has 1 fully saturated rings. The Balaban J connectivity index is 1.67. The second-order valence-electron chi connectivity index (χ2n) is 7.64. The molecule has 0 saturated carbocycles. The Kier molecular flexibility index (Phi) is 7.20. The van der Waals surface area contributed by atoms with Crippen LogP contribution in [-0.4, -0.2) is 31.1 Å². The molecule has 1 aliphatic rings. The Morgan fingerprint density at radius 3 is 2.70 bits per heavy atom. The summed E-state index contributed by atoms with van der Waals surface area (Å²) in [4.78, 5) is 32.8. The molecule has 33 heavy (non-hydrogen) atoms. The molecule has 2 aromatic heterocycles. The summed E-state index contributed by atoms with van der Waals surface area (Å²) in [5, 5.41) is 3.27. The van der Waals surface area contributed by atoms with Crippen molar-refractivity contribution in [3.63, 3.8) is 0 Å². The van der Waals surface area contributed by atoms with Crippen LogP contribution in [0.15, 0.2) is 58.4 Å². The van der Waals surface area contributed by atoms with E-state index in [4.69, 9.17) is 12.2 Å². The highest BCUT2D eigenvalue weighted by atomic mass is 32.2. The van der Waals surface area contributed by atoms with E-state index in [2.05, 4.69) is 17.2 Å². The molecule has 1 amide bonds. The summed E-state index contributed by atoms with van der Waals surface area (Å²) < 4.78 is 15.1. The number of hydrogen-bond donors (Lipinski definition) is 1. The molecule has 3 heterocycles. The Labute approximate surface area is 200 Å². The Morgan fingerprint density at radius 1 is 1.15 bits per heavy atom. The van der Waals surface area contributed by atoms with Gasteiger partial charge in [-0.1, -0.05) is 61.9 Å². The van der Waals surface area contributed by atoms with Crippen LogP contribution in [-0.2, 0) is 11.3 Å². The minimum absolute atomic E-state index is 0.235. The smallest absolute Gasteiger partial charge is 0.267 e. The quantitative estimate of drug-likeness (QED) is 0.282. The fourth-order valence-corrected chi connectivity index (χ4v) is 4.73. The number of rotatable bonds is 8. The van der Waals surface area contributed by atoms with Gasteiger partial charge < -0.3 is 5.32 Å². The van der Waals surface area contributed by atoms with Crippen molar-refractivity contribution in [2.75, 3.05) is 11.9 Å². The second kappa shape index (κ2) is 10.3. The fourth-order valence-electron chi connectivity index (χ4n) is 3.49. The lowest BCUT2D eigenvalue weighted by Crippen LogP contribution is -2.27. The van der Waals surface area contributed by atoms with Crippen LogP contribution >= 0.6 is 24.0 Å². The van der Waals surface area contributed by atoms with E-state index in [1.807, 2.05) is 6.07 Å². The highest BCUT2D eigenvalue weighted by molar-refractivity contribution is 8.26. The topological polar surface area (TPSA) is 66.7 Å². The van der Waals surface area contributed by atoms with Crippen LogP contribution < -0.4 is 10.9 Å². The molecule has 4 rings (SSSR count). The standard InChI is InChI=1S/C24H23FN4O2S2/c1-2-3-5-12-26-21-18(22(30)28-13-6-4-7-20(28)27-21)14-19-23(31)29(24(32)33-19)15-16-8-10-17(25)11-9-16/h4,6-11,13-14,26H,2-3,5,12,15H2,1H3. The first-order chi connectivity index (χ1) is 16.0. The Morgan fingerprint density at radius 2 is 1.94 bits per heavy atom. The zero-order valence-corrected chi connectivity index (χ0v) is 19.7. The molecule has 6 nitrogen and oxygen atoms in total. The number of nitrogens with one attached hydrogen (secondary N) is 1. The predicted molar refractivity (Wildman–Crippen MR) is 135 cm³/mol. The second-order valence-corrected chi connectivity index (χ2v) is 9.31. The summed E-state index contributed by atoms with van der Waals surface area (Å²) in [5.74, 6) is -0.179. The Hall–Kier alpha value is -3.04. The number of aromatic nitrogens is 2. The first-order valence-electron chi connectivity index (χ1n) is 10.7. The number of fused-ring (bicyclic) bond motifs is 1. The van der Waals surface area contributed by atoms with Crippen molar-refractivity contribution < 1.29 is 9.18 Å². The molecular weight excluding hydrogens is 459 g/mol. The average Bonchev–Trinajstić information content (AvgIpc) is 3.07. The molecule has 0 bridgehead atoms. The highest BCUT2D eigenvalue weighted by Crippen LogP contribution is 2.34. The minimum atomic E-state index is -0.340. The molecule has 170 valence electrons. The van der Waals surface area contributed by atoms with E-state index in [0.717, 1.165) is 36.6 Å². The predicted octanol–water partition coefficient (Wildman–Crippen LogP) is 4.84. The van der Waals surface area contributed by atoms with Gasteiger partial charge in [-0.05, 0) is 42.3 Å². The molecule has 1 aliphatic heterocycles. The molecule has 0 spiro atoms. The number of thiocarbonyl (C=S) groups is 1. The third-order valence-electron chi connectivity index (χ3n) is 5.24. The SMILES string of the molecule is CCCCCNc1nc2ccccn2c(=O)c1C=C1SC(=S)N(Cc2ccc(F)cc2)C1=O. The first-order valence-corrected chi connectivity index (χ1v) is 12.0. The summed E-state index contributed by atoms with van der Waals surface area (Å²) in [6.07, 6.45) is 6.32. The van der Waals surface area contributed by atoms with Gasteiger partial charge in [-0.2, -0.15) is 0 Å². The van der Waals surface area contributed by atoms with Crippen LogP contribution in [0.1, 0.15) is 37.3 Å². The number of benzene rings is 1. The van der Waals surface area contributed by atoms with Gasteiger partial charge in [-0.15, -0.1) is 0 Å². The molecule has 1 aromatic carbocycles. The van der Waals surface area contributed by atoms with E-state index < -0.39 is 0 Å². The van der Waals surface area contributed by atoms with Crippen LogP contribution in [0.5, 0.6) is 0 Å². The zero-order chi connectivity index (χ0) is 23.4. The van der Waals surface area contributed by atoms with Gasteiger partial charge in [0, 0.05) is 12.7 Å². The van der Waals surface area contributed by atoms with Crippen molar-refractivity contribution in [2.24, 2.45) is 0 Å². The van der Waals surface area contributed by atoms with Crippen molar-refractivity contribution in [2.45, 2.75) is 32.7 Å². The maximum Gasteiger partial charge on any atom is 0.267 e. The van der Waals surface area contributed by atoms with Gasteiger partial charge in [0.1, 0.15) is 21.6 Å². The maximum atomic E-state index is 13.3. The van der Waals surface area contributed by atoms with Crippen LogP contribution in [0.3, 0.4) is 0 Å². The number of unbranched alkanes of at least 4 members (excludes halogenated alkanes) is 2. The molecule has 0 unspecified atom stereocenters. The van der Waals surface area contributed by atoms with E-state index >= 15 is 0 Å². The number of amides is 1. The Bertz CT molecular complexity index is 1290. The third-order valence-corrected chi connectivity index (χ3v) is 6.62. The van der Waals surface area contributed by atoms with Crippen molar-refractivity contribution in [1.82, 2.24) is 14.3 Å². The van der Waals surface area contributed by atoms with Gasteiger partial charge >= 0.3 is 0 Å². The normalized spacial score (nSPS) is 15.1. The van der Waals surface area contributed by atoms with Crippen molar-refractivity contribution in [3.05, 3.63) is 80.9 Å². The number of pyridine rings is 1. The molecular formula is C24H23FN4O2S2. The lowest BCUT2D eigenvalue weighted by Gasteiger charge is -2.14. The number of carbonyl (C=O) groups is 1. The van der Waals surface area contributed by atoms with Gasteiger partial charge in [0.25, 0.3) is 11.5 Å². The van der Waals surface area contributed by atoms with Crippen molar-refractivity contribution in [1.29, 1.82) is 0 Å². The van der Waals surface area contributed by atoms with Gasteiger partial charge in [-0.25, -0.2) is 9.37 Å². The monoisotopic (exact) mass is 482 g/mol. The van der Waals surface area contributed by atoms with Crippen LogP contribution in [0, 0.1) is 5.82 Å². The fraction of sp³-hybridized carbons (Fsp3) is 0.250. The van der Waals surface area contributed by atoms with Crippen LogP contribution in [0.25, 0.3) is 11.7 Å². The van der Waals surface area contributed by atoms with E-state index in [9.17, 15) is 14.0 Å². The number of hydrogen-bond acceptors (Lipinski definition) is 6. The van der Waals surface area contributed by atoms with E-state index in [-0.39, 0.29) is 23.8 Å². The first kappa shape index (κ1) is 23.1.